The van der Waals surface area contributed by atoms with E-state index in [-0.39, 0.29) is 29.4 Å². The Bertz CT molecular complexity index is 689. The van der Waals surface area contributed by atoms with Crippen molar-refractivity contribution in [1.29, 1.82) is 0 Å². The summed E-state index contributed by atoms with van der Waals surface area (Å²) in [5.41, 5.74) is 1.33. The van der Waals surface area contributed by atoms with Crippen molar-refractivity contribution in [2.75, 3.05) is 5.32 Å². The summed E-state index contributed by atoms with van der Waals surface area (Å²) >= 11 is 0. The lowest BCUT2D eigenvalue weighted by molar-refractivity contribution is -0.117. The van der Waals surface area contributed by atoms with Gasteiger partial charge in [0.2, 0.25) is 11.8 Å². The Morgan fingerprint density at radius 3 is 2.57 bits per heavy atom. The highest BCUT2D eigenvalue weighted by atomic mass is 19.3. The molecule has 2 aromatic rings. The Kier molecular flexibility index (Phi) is 4.18. The Balaban J connectivity index is 1.57. The first kappa shape index (κ1) is 15.3. The lowest BCUT2D eigenvalue weighted by Gasteiger charge is -2.06. The molecule has 0 unspecified atom stereocenters. The molecule has 4 nitrogen and oxygen atoms in total. The highest BCUT2D eigenvalue weighted by Crippen LogP contribution is 2.47. The molecule has 120 valence electrons. The SMILES string of the molecule is O=C(Nc1ccc(OC(F)F)nc1)[C@@H]1C[C@H]1c1ccc(F)cc1. The summed E-state index contributed by atoms with van der Waals surface area (Å²) < 4.78 is 41.1. The van der Waals surface area contributed by atoms with E-state index in [1.165, 1.54) is 30.5 Å². The smallest absolute Gasteiger partial charge is 0.388 e. The van der Waals surface area contributed by atoms with Gasteiger partial charge >= 0.3 is 6.61 Å². The topological polar surface area (TPSA) is 51.2 Å². The summed E-state index contributed by atoms with van der Waals surface area (Å²) in [6.45, 7) is -2.94. The van der Waals surface area contributed by atoms with E-state index in [4.69, 9.17) is 0 Å². The van der Waals surface area contributed by atoms with Gasteiger partial charge in [-0.3, -0.25) is 4.79 Å². The number of amides is 1. The molecular formula is C16H13F3N2O2. The zero-order valence-corrected chi connectivity index (χ0v) is 11.9. The number of pyridine rings is 1. The van der Waals surface area contributed by atoms with Crippen LogP contribution in [0, 0.1) is 11.7 Å². The molecule has 0 aliphatic heterocycles. The van der Waals surface area contributed by atoms with E-state index in [1.807, 2.05) is 0 Å². The molecule has 23 heavy (non-hydrogen) atoms. The van der Waals surface area contributed by atoms with Gasteiger partial charge in [-0.05, 0) is 36.1 Å². The molecule has 1 heterocycles. The van der Waals surface area contributed by atoms with Crippen LogP contribution in [0.15, 0.2) is 42.6 Å². The van der Waals surface area contributed by atoms with E-state index in [2.05, 4.69) is 15.0 Å². The van der Waals surface area contributed by atoms with Crippen molar-refractivity contribution in [2.24, 2.45) is 5.92 Å². The number of benzene rings is 1. The van der Waals surface area contributed by atoms with E-state index >= 15 is 0 Å². The van der Waals surface area contributed by atoms with E-state index in [0.29, 0.717) is 12.1 Å². The van der Waals surface area contributed by atoms with E-state index < -0.39 is 6.61 Å². The number of rotatable bonds is 5. The molecule has 1 N–H and O–H groups in total. The van der Waals surface area contributed by atoms with E-state index in [9.17, 15) is 18.0 Å². The fourth-order valence-corrected chi connectivity index (χ4v) is 2.41. The van der Waals surface area contributed by atoms with Crippen molar-refractivity contribution in [2.45, 2.75) is 19.0 Å². The predicted molar refractivity (Wildman–Crippen MR) is 76.7 cm³/mol. The number of carbonyl (C=O) groups is 1. The second kappa shape index (κ2) is 6.28. The highest BCUT2D eigenvalue weighted by molar-refractivity contribution is 5.95. The molecule has 1 amide bonds. The molecule has 3 rings (SSSR count). The van der Waals surface area contributed by atoms with Crippen LogP contribution in [0.25, 0.3) is 0 Å². The summed E-state index contributed by atoms with van der Waals surface area (Å²) in [5.74, 6) is -0.813. The third-order valence-electron chi connectivity index (χ3n) is 3.64. The van der Waals surface area contributed by atoms with Gasteiger partial charge in [-0.1, -0.05) is 12.1 Å². The van der Waals surface area contributed by atoms with Crippen LogP contribution >= 0.6 is 0 Å². The second-order valence-corrected chi connectivity index (χ2v) is 5.25. The first-order valence-corrected chi connectivity index (χ1v) is 7.00. The molecule has 1 aromatic heterocycles. The normalized spacial score (nSPS) is 19.5. The first-order chi connectivity index (χ1) is 11.0. The van der Waals surface area contributed by atoms with Gasteiger partial charge in [0.25, 0.3) is 0 Å². The summed E-state index contributed by atoms with van der Waals surface area (Å²) in [6, 6.07) is 8.78. The lowest BCUT2D eigenvalue weighted by Crippen LogP contribution is -2.14. The molecule has 2 atom stereocenters. The zero-order valence-electron chi connectivity index (χ0n) is 11.9. The average Bonchev–Trinajstić information content (AvgIpc) is 3.30. The number of aromatic nitrogens is 1. The number of nitrogens with one attached hydrogen (secondary N) is 1. The largest absolute Gasteiger partial charge is 0.417 e. The third-order valence-corrected chi connectivity index (χ3v) is 3.64. The van der Waals surface area contributed by atoms with Gasteiger partial charge < -0.3 is 10.1 Å². The quantitative estimate of drug-likeness (QED) is 0.915. The predicted octanol–water partition coefficient (Wildman–Crippen LogP) is 3.56. The number of halogens is 3. The van der Waals surface area contributed by atoms with Crippen LogP contribution in [0.3, 0.4) is 0 Å². The number of carbonyl (C=O) groups excluding carboxylic acids is 1. The van der Waals surface area contributed by atoms with Crippen molar-refractivity contribution in [1.82, 2.24) is 4.98 Å². The van der Waals surface area contributed by atoms with Gasteiger partial charge in [0.05, 0.1) is 11.9 Å². The van der Waals surface area contributed by atoms with Crippen LogP contribution in [0.5, 0.6) is 5.88 Å². The molecule has 1 fully saturated rings. The Hall–Kier alpha value is -2.57. The number of anilines is 1. The minimum absolute atomic E-state index is 0.0741. The van der Waals surface area contributed by atoms with Crippen LogP contribution in [-0.2, 0) is 4.79 Å². The van der Waals surface area contributed by atoms with Gasteiger partial charge in [-0.25, -0.2) is 9.37 Å². The number of alkyl halides is 2. The Morgan fingerprint density at radius 1 is 1.22 bits per heavy atom. The number of hydrogen-bond donors (Lipinski definition) is 1. The van der Waals surface area contributed by atoms with Gasteiger partial charge in [0.1, 0.15) is 5.82 Å². The van der Waals surface area contributed by atoms with Crippen molar-refractivity contribution in [3.8, 4) is 5.88 Å². The molecule has 0 spiro atoms. The number of ether oxygens (including phenoxy) is 1. The van der Waals surface area contributed by atoms with Crippen LogP contribution in [0.2, 0.25) is 0 Å². The van der Waals surface area contributed by atoms with Crippen molar-refractivity contribution in [3.05, 3.63) is 54.0 Å². The maximum atomic E-state index is 12.9. The lowest BCUT2D eigenvalue weighted by atomic mass is 10.1. The fourth-order valence-electron chi connectivity index (χ4n) is 2.41. The summed E-state index contributed by atoms with van der Waals surface area (Å²) in [6.07, 6.45) is 1.95. The number of nitrogens with zero attached hydrogens (tertiary/aromatic N) is 1. The Morgan fingerprint density at radius 2 is 1.96 bits per heavy atom. The molecule has 1 aromatic carbocycles. The summed E-state index contributed by atoms with van der Waals surface area (Å²) in [7, 11) is 0. The molecule has 7 heteroatoms. The monoisotopic (exact) mass is 322 g/mol. The molecule has 1 aliphatic rings. The molecule has 0 bridgehead atoms. The number of hydrogen-bond acceptors (Lipinski definition) is 3. The summed E-state index contributed by atoms with van der Waals surface area (Å²) in [5, 5.41) is 2.68. The van der Waals surface area contributed by atoms with Crippen molar-refractivity contribution >= 4 is 11.6 Å². The highest BCUT2D eigenvalue weighted by Gasteiger charge is 2.43. The molecule has 0 radical (unpaired) electrons. The average molecular weight is 322 g/mol. The second-order valence-electron chi connectivity index (χ2n) is 5.25. The van der Waals surface area contributed by atoms with Gasteiger partial charge in [-0.15, -0.1) is 0 Å². The molecule has 1 aliphatic carbocycles. The molecule has 0 saturated heterocycles. The fraction of sp³-hybridized carbons (Fsp3) is 0.250. The maximum Gasteiger partial charge on any atom is 0.388 e. The van der Waals surface area contributed by atoms with Crippen LogP contribution in [0.4, 0.5) is 18.9 Å². The van der Waals surface area contributed by atoms with E-state index in [1.54, 1.807) is 12.1 Å². The van der Waals surface area contributed by atoms with Crippen molar-refractivity contribution < 1.29 is 22.7 Å². The van der Waals surface area contributed by atoms with Crippen LogP contribution < -0.4 is 10.1 Å². The minimum Gasteiger partial charge on any atom is -0.417 e. The molecule has 1 saturated carbocycles. The van der Waals surface area contributed by atoms with Crippen LogP contribution in [-0.4, -0.2) is 17.5 Å². The minimum atomic E-state index is -2.94. The summed E-state index contributed by atoms with van der Waals surface area (Å²) in [4.78, 5) is 15.8. The first-order valence-electron chi connectivity index (χ1n) is 7.00. The van der Waals surface area contributed by atoms with Gasteiger partial charge in [-0.2, -0.15) is 8.78 Å². The van der Waals surface area contributed by atoms with Crippen LogP contribution in [0.1, 0.15) is 17.9 Å². The zero-order chi connectivity index (χ0) is 16.4. The molecular weight excluding hydrogens is 309 g/mol. The van der Waals surface area contributed by atoms with E-state index in [0.717, 1.165) is 5.56 Å². The Labute approximate surface area is 130 Å². The standard InChI is InChI=1S/C16H13F3N2O2/c17-10-3-1-9(2-4-10)12-7-13(12)15(22)21-11-5-6-14(20-8-11)23-16(18)19/h1-6,8,12-13,16H,7H2,(H,21,22)/t12-,13+/m0/s1. The van der Waals surface area contributed by atoms with Crippen molar-refractivity contribution in [3.63, 3.8) is 0 Å². The third kappa shape index (κ3) is 3.80. The van der Waals surface area contributed by atoms with Gasteiger partial charge in [0, 0.05) is 12.0 Å². The maximum absolute atomic E-state index is 12.9. The van der Waals surface area contributed by atoms with Gasteiger partial charge in [0.15, 0.2) is 0 Å².